The van der Waals surface area contributed by atoms with E-state index in [4.69, 9.17) is 5.84 Å². The van der Waals surface area contributed by atoms with Gasteiger partial charge in [0.1, 0.15) is 0 Å². The molecule has 0 aliphatic carbocycles. The molecule has 1 unspecified atom stereocenters. The van der Waals surface area contributed by atoms with E-state index in [9.17, 15) is 4.79 Å². The summed E-state index contributed by atoms with van der Waals surface area (Å²) in [5.74, 6) is 4.98. The van der Waals surface area contributed by atoms with Crippen LogP contribution in [-0.4, -0.2) is 29.9 Å². The third-order valence-electron chi connectivity index (χ3n) is 3.48. The summed E-state index contributed by atoms with van der Waals surface area (Å²) in [5.41, 5.74) is 2.17. The van der Waals surface area contributed by atoms with Crippen molar-refractivity contribution >= 4 is 5.91 Å². The third kappa shape index (κ3) is 4.49. The highest BCUT2D eigenvalue weighted by atomic mass is 16.2. The first-order valence-corrected chi connectivity index (χ1v) is 6.51. The summed E-state index contributed by atoms with van der Waals surface area (Å²) in [4.78, 5) is 13.5. The van der Waals surface area contributed by atoms with E-state index < -0.39 is 0 Å². The van der Waals surface area contributed by atoms with Crippen LogP contribution in [0.25, 0.3) is 0 Å². The van der Waals surface area contributed by atoms with Gasteiger partial charge in [0.25, 0.3) is 0 Å². The molecule has 4 nitrogen and oxygen atoms in total. The fourth-order valence-corrected chi connectivity index (χ4v) is 2.49. The van der Waals surface area contributed by atoms with Crippen LogP contribution in [0, 0.1) is 0 Å². The highest BCUT2D eigenvalue weighted by Gasteiger charge is 2.19. The zero-order valence-corrected chi connectivity index (χ0v) is 10.4. The summed E-state index contributed by atoms with van der Waals surface area (Å²) in [6.07, 6.45) is 7.91. The average Bonchev–Trinajstić information content (AvgIpc) is 2.34. The monoisotopic (exact) mass is 227 g/mol. The Bertz CT molecular complexity index is 208. The van der Waals surface area contributed by atoms with Crippen molar-refractivity contribution in [1.82, 2.24) is 10.3 Å². The Hall–Kier alpha value is -0.610. The molecule has 1 saturated heterocycles. The number of hydrazine groups is 1. The first kappa shape index (κ1) is 13.5. The van der Waals surface area contributed by atoms with Gasteiger partial charge < -0.3 is 4.90 Å². The minimum Gasteiger partial charge on any atom is -0.300 e. The molecule has 94 valence electrons. The maximum atomic E-state index is 10.9. The van der Waals surface area contributed by atoms with E-state index in [1.165, 1.54) is 32.2 Å². The number of carbonyl (C=O) groups excluding carboxylic acids is 1. The number of nitrogens with two attached hydrogens (primary N) is 1. The Labute approximate surface area is 98.5 Å². The fourth-order valence-electron chi connectivity index (χ4n) is 2.49. The molecule has 1 heterocycles. The molecule has 1 amide bonds. The molecule has 1 aliphatic heterocycles. The lowest BCUT2D eigenvalue weighted by Crippen LogP contribution is -2.39. The zero-order valence-electron chi connectivity index (χ0n) is 10.4. The number of hydrogen-bond donors (Lipinski definition) is 2. The van der Waals surface area contributed by atoms with E-state index in [2.05, 4.69) is 17.2 Å². The van der Waals surface area contributed by atoms with E-state index in [0.717, 1.165) is 25.4 Å². The van der Waals surface area contributed by atoms with Crippen molar-refractivity contribution in [1.29, 1.82) is 0 Å². The van der Waals surface area contributed by atoms with Crippen molar-refractivity contribution in [3.63, 3.8) is 0 Å². The van der Waals surface area contributed by atoms with E-state index in [0.29, 0.717) is 6.42 Å². The number of unbranched alkanes of at least 4 members (excludes halogenated alkanes) is 1. The number of amides is 1. The molecule has 0 aromatic rings. The molecule has 1 atom stereocenters. The van der Waals surface area contributed by atoms with Gasteiger partial charge in [-0.15, -0.1) is 0 Å². The second-order valence-electron chi connectivity index (χ2n) is 4.62. The summed E-state index contributed by atoms with van der Waals surface area (Å²) >= 11 is 0. The molecule has 0 bridgehead atoms. The number of nitrogens with one attached hydrogen (secondary N) is 1. The Morgan fingerprint density at radius 2 is 2.25 bits per heavy atom. The van der Waals surface area contributed by atoms with Crippen LogP contribution in [0.1, 0.15) is 51.9 Å². The largest absolute Gasteiger partial charge is 0.300 e. The fraction of sp³-hybridized carbons (Fsp3) is 0.917. The van der Waals surface area contributed by atoms with Gasteiger partial charge in [-0.05, 0) is 45.2 Å². The summed E-state index contributed by atoms with van der Waals surface area (Å²) < 4.78 is 0. The second-order valence-corrected chi connectivity index (χ2v) is 4.62. The SMILES string of the molecule is CCC1CCCCN1CCCCC(=O)NN. The predicted octanol–water partition coefficient (Wildman–Crippen LogP) is 1.41. The lowest BCUT2D eigenvalue weighted by atomic mass is 9.99. The third-order valence-corrected chi connectivity index (χ3v) is 3.48. The Morgan fingerprint density at radius 3 is 2.94 bits per heavy atom. The van der Waals surface area contributed by atoms with Crippen LogP contribution in [0.5, 0.6) is 0 Å². The molecule has 0 aromatic heterocycles. The van der Waals surface area contributed by atoms with Crippen LogP contribution in [0.3, 0.4) is 0 Å². The van der Waals surface area contributed by atoms with Crippen molar-refractivity contribution in [2.45, 2.75) is 57.9 Å². The van der Waals surface area contributed by atoms with Crippen molar-refractivity contribution in [2.24, 2.45) is 5.84 Å². The molecule has 1 rings (SSSR count). The average molecular weight is 227 g/mol. The first-order valence-electron chi connectivity index (χ1n) is 6.51. The maximum absolute atomic E-state index is 10.9. The zero-order chi connectivity index (χ0) is 11.8. The van der Waals surface area contributed by atoms with Crippen molar-refractivity contribution in [2.75, 3.05) is 13.1 Å². The number of likely N-dealkylation sites (tertiary alicyclic amines) is 1. The van der Waals surface area contributed by atoms with Crippen LogP contribution in [-0.2, 0) is 4.79 Å². The predicted molar refractivity (Wildman–Crippen MR) is 65.7 cm³/mol. The number of piperidine rings is 1. The van der Waals surface area contributed by atoms with Crippen LogP contribution in [0.15, 0.2) is 0 Å². The van der Waals surface area contributed by atoms with Gasteiger partial charge >= 0.3 is 0 Å². The normalized spacial score (nSPS) is 22.0. The summed E-state index contributed by atoms with van der Waals surface area (Å²) in [5, 5.41) is 0. The van der Waals surface area contributed by atoms with Gasteiger partial charge in [-0.25, -0.2) is 5.84 Å². The molecule has 1 aliphatic rings. The first-order chi connectivity index (χ1) is 7.77. The molecule has 0 saturated carbocycles. The van der Waals surface area contributed by atoms with Gasteiger partial charge in [-0.1, -0.05) is 13.3 Å². The van der Waals surface area contributed by atoms with Crippen LogP contribution in [0.2, 0.25) is 0 Å². The number of nitrogens with zero attached hydrogens (tertiary/aromatic N) is 1. The van der Waals surface area contributed by atoms with E-state index >= 15 is 0 Å². The second kappa shape index (κ2) is 7.63. The molecule has 0 aromatic carbocycles. The standard InChI is InChI=1S/C12H25N3O/c1-2-11-7-3-5-9-15(11)10-6-4-8-12(16)14-13/h11H,2-10,13H2,1H3,(H,14,16). The Kier molecular flexibility index (Phi) is 6.42. The van der Waals surface area contributed by atoms with Crippen molar-refractivity contribution in [3.05, 3.63) is 0 Å². The number of carbonyl (C=O) groups is 1. The molecule has 1 fully saturated rings. The molecular weight excluding hydrogens is 202 g/mol. The molecule has 3 N–H and O–H groups in total. The van der Waals surface area contributed by atoms with Crippen LogP contribution >= 0.6 is 0 Å². The highest BCUT2D eigenvalue weighted by Crippen LogP contribution is 2.19. The van der Waals surface area contributed by atoms with Crippen molar-refractivity contribution < 1.29 is 4.79 Å². The lowest BCUT2D eigenvalue weighted by Gasteiger charge is -2.35. The molecule has 16 heavy (non-hydrogen) atoms. The quantitative estimate of drug-likeness (QED) is 0.312. The van der Waals surface area contributed by atoms with Gasteiger partial charge in [0.2, 0.25) is 5.91 Å². The van der Waals surface area contributed by atoms with Gasteiger partial charge in [0.15, 0.2) is 0 Å². The summed E-state index contributed by atoms with van der Waals surface area (Å²) in [7, 11) is 0. The summed E-state index contributed by atoms with van der Waals surface area (Å²) in [6, 6.07) is 0.775. The highest BCUT2D eigenvalue weighted by molar-refractivity contribution is 5.75. The van der Waals surface area contributed by atoms with Gasteiger partial charge in [-0.2, -0.15) is 0 Å². The number of rotatable bonds is 6. The van der Waals surface area contributed by atoms with Crippen LogP contribution in [0.4, 0.5) is 0 Å². The van der Waals surface area contributed by atoms with E-state index in [1.54, 1.807) is 0 Å². The molecule has 4 heteroatoms. The van der Waals surface area contributed by atoms with Crippen molar-refractivity contribution in [3.8, 4) is 0 Å². The minimum atomic E-state index is -0.0503. The number of hydrogen-bond acceptors (Lipinski definition) is 3. The molecular formula is C12H25N3O. The minimum absolute atomic E-state index is 0.0503. The molecule has 0 spiro atoms. The van der Waals surface area contributed by atoms with Gasteiger partial charge in [-0.3, -0.25) is 10.2 Å². The summed E-state index contributed by atoms with van der Waals surface area (Å²) in [6.45, 7) is 4.64. The van der Waals surface area contributed by atoms with Gasteiger partial charge in [0, 0.05) is 12.5 Å². The maximum Gasteiger partial charge on any atom is 0.233 e. The van der Waals surface area contributed by atoms with Gasteiger partial charge in [0.05, 0.1) is 0 Å². The van der Waals surface area contributed by atoms with Crippen LogP contribution < -0.4 is 11.3 Å². The molecule has 0 radical (unpaired) electrons. The topological polar surface area (TPSA) is 58.4 Å². The van der Waals surface area contributed by atoms with E-state index in [1.807, 2.05) is 0 Å². The Balaban J connectivity index is 2.13. The lowest BCUT2D eigenvalue weighted by molar-refractivity contribution is -0.121. The smallest absolute Gasteiger partial charge is 0.233 e. The Morgan fingerprint density at radius 1 is 1.44 bits per heavy atom. The van der Waals surface area contributed by atoms with E-state index in [-0.39, 0.29) is 5.91 Å².